The molecule has 0 N–H and O–H groups in total. The van der Waals surface area contributed by atoms with Crippen molar-refractivity contribution in [2.75, 3.05) is 13.1 Å². The van der Waals surface area contributed by atoms with Crippen LogP contribution in [-0.2, 0) is 0 Å². The molecule has 0 unspecified atom stereocenters. The zero-order valence-electron chi connectivity index (χ0n) is 13.9. The smallest absolute Gasteiger partial charge is 0.280 e. The molecule has 3 heterocycles. The summed E-state index contributed by atoms with van der Waals surface area (Å²) in [6.07, 6.45) is 2.42. The molecule has 1 aromatic carbocycles. The number of nitrogens with zero attached hydrogens (tertiary/aromatic N) is 3. The number of likely N-dealkylation sites (tertiary alicyclic amines) is 1. The number of aromatic nitrogens is 1. The van der Waals surface area contributed by atoms with Gasteiger partial charge in [0.25, 0.3) is 17.7 Å². The summed E-state index contributed by atoms with van der Waals surface area (Å²) in [6, 6.07) is 8.81. The molecule has 2 aliphatic heterocycles. The maximum atomic E-state index is 13.8. The van der Waals surface area contributed by atoms with E-state index in [0.29, 0.717) is 31.5 Å². The molecule has 1 saturated heterocycles. The number of benzene rings is 1. The molecule has 0 radical (unpaired) electrons. The van der Waals surface area contributed by atoms with Gasteiger partial charge in [-0.2, -0.15) is 0 Å². The minimum absolute atomic E-state index is 0.0379. The highest BCUT2D eigenvalue weighted by atomic mass is 19.1. The van der Waals surface area contributed by atoms with Crippen molar-refractivity contribution < 1.29 is 18.8 Å². The van der Waals surface area contributed by atoms with Gasteiger partial charge in [0.15, 0.2) is 0 Å². The van der Waals surface area contributed by atoms with Crippen molar-refractivity contribution in [3.63, 3.8) is 0 Å². The first-order valence-corrected chi connectivity index (χ1v) is 8.44. The summed E-state index contributed by atoms with van der Waals surface area (Å²) >= 11 is 0. The second-order valence-electron chi connectivity index (χ2n) is 6.38. The first kappa shape index (κ1) is 16.4. The lowest BCUT2D eigenvalue weighted by Gasteiger charge is -2.35. The van der Waals surface area contributed by atoms with Gasteiger partial charge >= 0.3 is 0 Å². The van der Waals surface area contributed by atoms with Gasteiger partial charge in [0, 0.05) is 25.3 Å². The Balaban J connectivity index is 1.46. The highest BCUT2D eigenvalue weighted by Crippen LogP contribution is 2.27. The predicted octanol–water partition coefficient (Wildman–Crippen LogP) is 2.12. The number of piperidine rings is 1. The van der Waals surface area contributed by atoms with Gasteiger partial charge in [-0.3, -0.25) is 24.3 Å². The van der Waals surface area contributed by atoms with E-state index in [1.807, 2.05) is 0 Å². The standard InChI is InChI=1S/C19H16FN3O3/c20-15-6-2-1-4-13(15)17(24)22-10-7-12(8-11-22)23-18(25)14-5-3-9-21-16(14)19(23)26/h1-6,9,12H,7-8,10-11H2. The van der Waals surface area contributed by atoms with Crippen LogP contribution in [0.15, 0.2) is 42.6 Å². The molecular weight excluding hydrogens is 337 g/mol. The number of carbonyl (C=O) groups excluding carboxylic acids is 3. The molecule has 26 heavy (non-hydrogen) atoms. The van der Waals surface area contributed by atoms with Crippen LogP contribution in [0.5, 0.6) is 0 Å². The van der Waals surface area contributed by atoms with Crippen LogP contribution in [-0.4, -0.2) is 51.6 Å². The summed E-state index contributed by atoms with van der Waals surface area (Å²) in [5, 5.41) is 0. The van der Waals surface area contributed by atoms with Crippen molar-refractivity contribution in [1.82, 2.24) is 14.8 Å². The number of rotatable bonds is 2. The highest BCUT2D eigenvalue weighted by molar-refractivity contribution is 6.20. The number of hydrogen-bond acceptors (Lipinski definition) is 4. The number of pyridine rings is 1. The van der Waals surface area contributed by atoms with Crippen LogP contribution < -0.4 is 0 Å². The quantitative estimate of drug-likeness (QED) is 0.776. The van der Waals surface area contributed by atoms with E-state index in [1.54, 1.807) is 23.1 Å². The molecule has 0 atom stereocenters. The molecule has 132 valence electrons. The Hall–Kier alpha value is -3.09. The van der Waals surface area contributed by atoms with Crippen molar-refractivity contribution in [3.05, 3.63) is 65.2 Å². The monoisotopic (exact) mass is 353 g/mol. The molecule has 0 bridgehead atoms. The molecule has 0 spiro atoms. The number of amides is 3. The van der Waals surface area contributed by atoms with E-state index in [2.05, 4.69) is 4.98 Å². The zero-order valence-corrected chi connectivity index (χ0v) is 13.9. The maximum Gasteiger partial charge on any atom is 0.280 e. The lowest BCUT2D eigenvalue weighted by Crippen LogP contribution is -2.48. The van der Waals surface area contributed by atoms with Gasteiger partial charge in [-0.15, -0.1) is 0 Å². The minimum Gasteiger partial charge on any atom is -0.338 e. The molecule has 0 aliphatic carbocycles. The normalized spacial score (nSPS) is 17.6. The van der Waals surface area contributed by atoms with E-state index in [-0.39, 0.29) is 35.0 Å². The number of halogens is 1. The van der Waals surface area contributed by atoms with Crippen LogP contribution in [0.3, 0.4) is 0 Å². The first-order valence-electron chi connectivity index (χ1n) is 8.44. The topological polar surface area (TPSA) is 70.6 Å². The molecule has 4 rings (SSSR count). The summed E-state index contributed by atoms with van der Waals surface area (Å²) < 4.78 is 13.8. The number of fused-ring (bicyclic) bond motifs is 1. The third-order valence-electron chi connectivity index (χ3n) is 4.90. The van der Waals surface area contributed by atoms with Gasteiger partial charge in [-0.25, -0.2) is 4.39 Å². The lowest BCUT2D eigenvalue weighted by atomic mass is 10.0. The molecular formula is C19H16FN3O3. The largest absolute Gasteiger partial charge is 0.338 e. The fourth-order valence-corrected chi connectivity index (χ4v) is 3.55. The van der Waals surface area contributed by atoms with Gasteiger partial charge in [-0.1, -0.05) is 12.1 Å². The van der Waals surface area contributed by atoms with Gasteiger partial charge in [0.1, 0.15) is 11.5 Å². The summed E-state index contributed by atoms with van der Waals surface area (Å²) in [6.45, 7) is 0.720. The van der Waals surface area contributed by atoms with Gasteiger partial charge in [0.05, 0.1) is 11.1 Å². The van der Waals surface area contributed by atoms with Crippen LogP contribution in [0.2, 0.25) is 0 Å². The summed E-state index contributed by atoms with van der Waals surface area (Å²) in [7, 11) is 0. The third-order valence-corrected chi connectivity index (χ3v) is 4.90. The Kier molecular flexibility index (Phi) is 3.99. The zero-order chi connectivity index (χ0) is 18.3. The fraction of sp³-hybridized carbons (Fsp3) is 0.263. The molecule has 6 nitrogen and oxygen atoms in total. The Morgan fingerprint density at radius 3 is 2.46 bits per heavy atom. The summed E-state index contributed by atoms with van der Waals surface area (Å²) in [5.41, 5.74) is 0.542. The molecule has 2 aromatic rings. The molecule has 0 saturated carbocycles. The number of carbonyl (C=O) groups is 3. The van der Waals surface area contributed by atoms with Crippen LogP contribution in [0, 0.1) is 5.82 Å². The number of hydrogen-bond donors (Lipinski definition) is 0. The van der Waals surface area contributed by atoms with Crippen molar-refractivity contribution in [1.29, 1.82) is 0 Å². The maximum absolute atomic E-state index is 13.8. The third kappa shape index (κ3) is 2.56. The minimum atomic E-state index is -0.550. The Labute approximate surface area is 149 Å². The van der Waals surface area contributed by atoms with Crippen molar-refractivity contribution in [3.8, 4) is 0 Å². The Morgan fingerprint density at radius 1 is 1.04 bits per heavy atom. The molecule has 7 heteroatoms. The van der Waals surface area contributed by atoms with E-state index in [1.165, 1.54) is 29.3 Å². The SMILES string of the molecule is O=C(c1ccccc1F)N1CCC(N2C(=O)c3cccnc3C2=O)CC1. The van der Waals surface area contributed by atoms with Gasteiger partial charge in [-0.05, 0) is 37.1 Å². The average Bonchev–Trinajstić information content (AvgIpc) is 2.93. The van der Waals surface area contributed by atoms with Crippen LogP contribution in [0.4, 0.5) is 4.39 Å². The van der Waals surface area contributed by atoms with E-state index in [4.69, 9.17) is 0 Å². The van der Waals surface area contributed by atoms with Crippen LogP contribution in [0.25, 0.3) is 0 Å². The Morgan fingerprint density at radius 2 is 1.77 bits per heavy atom. The van der Waals surface area contributed by atoms with Crippen molar-refractivity contribution in [2.45, 2.75) is 18.9 Å². The predicted molar refractivity (Wildman–Crippen MR) is 90.1 cm³/mol. The van der Waals surface area contributed by atoms with Crippen molar-refractivity contribution >= 4 is 17.7 Å². The van der Waals surface area contributed by atoms with Gasteiger partial charge < -0.3 is 4.90 Å². The molecule has 3 amide bonds. The lowest BCUT2D eigenvalue weighted by molar-refractivity contribution is 0.0476. The Bertz CT molecular complexity index is 871. The van der Waals surface area contributed by atoms with Crippen LogP contribution in [0.1, 0.15) is 44.0 Å². The van der Waals surface area contributed by atoms with Crippen LogP contribution >= 0.6 is 0 Å². The van der Waals surface area contributed by atoms with Gasteiger partial charge in [0.2, 0.25) is 0 Å². The molecule has 2 aliphatic rings. The van der Waals surface area contributed by atoms with E-state index in [9.17, 15) is 18.8 Å². The second kappa shape index (κ2) is 6.33. The van der Waals surface area contributed by atoms with Crippen molar-refractivity contribution in [2.24, 2.45) is 0 Å². The van der Waals surface area contributed by atoms with E-state index >= 15 is 0 Å². The first-order chi connectivity index (χ1) is 12.6. The highest BCUT2D eigenvalue weighted by Gasteiger charge is 2.42. The molecule has 1 fully saturated rings. The number of imide groups is 1. The summed E-state index contributed by atoms with van der Waals surface area (Å²) in [5.74, 6) is -1.64. The average molecular weight is 353 g/mol. The van der Waals surface area contributed by atoms with E-state index < -0.39 is 5.82 Å². The second-order valence-corrected chi connectivity index (χ2v) is 6.38. The van der Waals surface area contributed by atoms with E-state index in [0.717, 1.165) is 0 Å². The summed E-state index contributed by atoms with van der Waals surface area (Å²) in [4.78, 5) is 44.3. The fourth-order valence-electron chi connectivity index (χ4n) is 3.55. The molecule has 1 aromatic heterocycles.